The van der Waals surface area contributed by atoms with Crippen molar-refractivity contribution >= 4 is 19.8 Å². The highest BCUT2D eigenvalue weighted by Gasteiger charge is 2.22. The summed E-state index contributed by atoms with van der Waals surface area (Å²) in [6.07, 6.45) is 47.4. The fraction of sp³-hybridized carbons (Fsp3) is 0.610. The molecule has 0 radical (unpaired) electrons. The van der Waals surface area contributed by atoms with Gasteiger partial charge in [-0.25, -0.2) is 4.57 Å². The zero-order valence-corrected chi connectivity index (χ0v) is 31.9. The molecule has 0 rings (SSSR count). The molecule has 0 spiro atoms. The lowest BCUT2D eigenvalue weighted by Crippen LogP contribution is -2.29. The van der Waals surface area contributed by atoms with Gasteiger partial charge in [-0.2, -0.15) is 0 Å². The highest BCUT2D eigenvalue weighted by molar-refractivity contribution is 7.46. The standard InChI is InChI=1S/C41H67O8P/c1-3-5-7-9-11-13-15-17-18-19-20-21-22-24-25-27-29-31-33-35-40(42)47-37-39(38-48-50(44,45)46)49-41(43)36-34-32-30-28-26-23-16-14-12-10-8-6-4-2/h5,7,11,13-14,16-18,20-21,24-25,29,31,39H,3-4,6,8-10,12,15,19,22-23,26-28,30,32-38H2,1-2H3,(H2,44,45,46)/b7-5-,13-11-,16-14-,18-17-,21-20-,25-24-,31-29-/t39-/m1/s1. The van der Waals surface area contributed by atoms with Gasteiger partial charge in [0.2, 0.25) is 0 Å². The van der Waals surface area contributed by atoms with Crippen LogP contribution in [0.4, 0.5) is 0 Å². The van der Waals surface area contributed by atoms with Crippen LogP contribution in [0.2, 0.25) is 0 Å². The lowest BCUT2D eigenvalue weighted by atomic mass is 10.1. The van der Waals surface area contributed by atoms with E-state index < -0.39 is 32.5 Å². The molecule has 50 heavy (non-hydrogen) atoms. The maximum atomic E-state index is 12.3. The third-order valence-electron chi connectivity index (χ3n) is 7.41. The Morgan fingerprint density at radius 2 is 1.00 bits per heavy atom. The molecule has 1 atom stereocenters. The molecule has 0 aliphatic rings. The lowest BCUT2D eigenvalue weighted by Gasteiger charge is -2.18. The highest BCUT2D eigenvalue weighted by atomic mass is 31.2. The first kappa shape index (κ1) is 47.2. The van der Waals surface area contributed by atoms with E-state index in [2.05, 4.69) is 91.3 Å². The number of rotatable bonds is 33. The Labute approximate surface area is 303 Å². The van der Waals surface area contributed by atoms with E-state index in [4.69, 9.17) is 19.3 Å². The van der Waals surface area contributed by atoms with E-state index in [0.717, 1.165) is 77.0 Å². The number of phosphoric acid groups is 1. The third kappa shape index (κ3) is 38.0. The van der Waals surface area contributed by atoms with Gasteiger partial charge >= 0.3 is 19.8 Å². The second-order valence-corrected chi connectivity index (χ2v) is 13.4. The minimum Gasteiger partial charge on any atom is -0.462 e. The molecule has 2 N–H and O–H groups in total. The van der Waals surface area contributed by atoms with Crippen LogP contribution in [0.5, 0.6) is 0 Å². The molecular formula is C41H67O8P. The number of carbonyl (C=O) groups is 2. The van der Waals surface area contributed by atoms with Crippen molar-refractivity contribution < 1.29 is 37.9 Å². The van der Waals surface area contributed by atoms with Crippen LogP contribution in [0, 0.1) is 0 Å². The van der Waals surface area contributed by atoms with Gasteiger partial charge in [0.1, 0.15) is 6.61 Å². The van der Waals surface area contributed by atoms with E-state index in [1.54, 1.807) is 0 Å². The molecule has 0 amide bonds. The number of phosphoric ester groups is 1. The van der Waals surface area contributed by atoms with E-state index in [-0.39, 0.29) is 19.4 Å². The smallest absolute Gasteiger partial charge is 0.462 e. The Kier molecular flexibility index (Phi) is 34.0. The largest absolute Gasteiger partial charge is 0.469 e. The molecule has 0 aromatic heterocycles. The van der Waals surface area contributed by atoms with E-state index in [1.807, 2.05) is 12.2 Å². The van der Waals surface area contributed by atoms with Crippen LogP contribution in [0.1, 0.15) is 142 Å². The number of ether oxygens (including phenoxy) is 2. The minimum absolute atomic E-state index is 0.136. The molecule has 0 saturated heterocycles. The Bertz CT molecular complexity index is 1080. The summed E-state index contributed by atoms with van der Waals surface area (Å²) in [6.45, 7) is 3.46. The monoisotopic (exact) mass is 718 g/mol. The van der Waals surface area contributed by atoms with Crippen LogP contribution in [0.25, 0.3) is 0 Å². The van der Waals surface area contributed by atoms with Gasteiger partial charge < -0.3 is 19.3 Å². The SMILES string of the molecule is CC/C=C\C/C=C\C/C=C\C/C=C\C/C=C\C/C=C\CCC(=O)OC[C@H](COP(=O)(O)O)OC(=O)CCCCCCC/C=C\CCCCCC. The fourth-order valence-electron chi connectivity index (χ4n) is 4.63. The Morgan fingerprint density at radius 1 is 0.540 bits per heavy atom. The maximum absolute atomic E-state index is 12.3. The van der Waals surface area contributed by atoms with Crippen LogP contribution in [-0.4, -0.2) is 41.0 Å². The summed E-state index contributed by atoms with van der Waals surface area (Å²) < 4.78 is 26.2. The van der Waals surface area contributed by atoms with Crippen LogP contribution in [0.3, 0.4) is 0 Å². The summed E-state index contributed by atoms with van der Waals surface area (Å²) in [5, 5.41) is 0. The Hall–Kier alpha value is -2.77. The molecule has 0 aliphatic carbocycles. The van der Waals surface area contributed by atoms with Crippen LogP contribution in [0.15, 0.2) is 85.1 Å². The number of unbranched alkanes of at least 4 members (excludes halogenated alkanes) is 9. The predicted octanol–water partition coefficient (Wildman–Crippen LogP) is 11.3. The number of esters is 2. The van der Waals surface area contributed by atoms with Gasteiger partial charge in [-0.1, -0.05) is 137 Å². The lowest BCUT2D eigenvalue weighted by molar-refractivity contribution is -0.161. The summed E-state index contributed by atoms with van der Waals surface area (Å²) >= 11 is 0. The first-order chi connectivity index (χ1) is 24.3. The normalized spacial score (nSPS) is 13.4. The highest BCUT2D eigenvalue weighted by Crippen LogP contribution is 2.35. The molecule has 8 nitrogen and oxygen atoms in total. The van der Waals surface area contributed by atoms with Gasteiger partial charge in [0.05, 0.1) is 6.61 Å². The van der Waals surface area contributed by atoms with Crippen molar-refractivity contribution in [2.24, 2.45) is 0 Å². The van der Waals surface area contributed by atoms with Gasteiger partial charge in [0, 0.05) is 12.8 Å². The van der Waals surface area contributed by atoms with Gasteiger partial charge in [0.25, 0.3) is 0 Å². The van der Waals surface area contributed by atoms with Gasteiger partial charge in [-0.15, -0.1) is 0 Å². The van der Waals surface area contributed by atoms with Crippen LogP contribution < -0.4 is 0 Å². The van der Waals surface area contributed by atoms with E-state index in [1.165, 1.54) is 25.7 Å². The molecule has 0 aromatic rings. The zero-order chi connectivity index (χ0) is 36.8. The summed E-state index contributed by atoms with van der Waals surface area (Å²) in [7, 11) is -4.77. The number of hydrogen-bond donors (Lipinski definition) is 2. The summed E-state index contributed by atoms with van der Waals surface area (Å²) in [4.78, 5) is 42.6. The second kappa shape index (κ2) is 36.0. The summed E-state index contributed by atoms with van der Waals surface area (Å²) in [6, 6.07) is 0. The van der Waals surface area contributed by atoms with E-state index in [9.17, 15) is 14.2 Å². The van der Waals surface area contributed by atoms with Crippen molar-refractivity contribution in [3.63, 3.8) is 0 Å². The van der Waals surface area contributed by atoms with Crippen molar-refractivity contribution in [3.05, 3.63) is 85.1 Å². The Morgan fingerprint density at radius 3 is 1.52 bits per heavy atom. The topological polar surface area (TPSA) is 119 Å². The average molecular weight is 719 g/mol. The van der Waals surface area contributed by atoms with Crippen molar-refractivity contribution in [2.45, 2.75) is 148 Å². The molecule has 0 unspecified atom stereocenters. The molecule has 0 fully saturated rings. The molecule has 0 heterocycles. The number of hydrogen-bond acceptors (Lipinski definition) is 6. The van der Waals surface area contributed by atoms with Crippen molar-refractivity contribution in [1.82, 2.24) is 0 Å². The first-order valence-electron chi connectivity index (χ1n) is 18.9. The molecule has 0 aliphatic heterocycles. The predicted molar refractivity (Wildman–Crippen MR) is 207 cm³/mol. The van der Waals surface area contributed by atoms with Crippen molar-refractivity contribution in [3.8, 4) is 0 Å². The van der Waals surface area contributed by atoms with E-state index >= 15 is 0 Å². The molecule has 0 aromatic carbocycles. The fourth-order valence-corrected chi connectivity index (χ4v) is 4.99. The second-order valence-electron chi connectivity index (χ2n) is 12.2. The number of carbonyl (C=O) groups excluding carboxylic acids is 2. The minimum atomic E-state index is -4.77. The number of allylic oxidation sites excluding steroid dienone is 14. The molecular weight excluding hydrogens is 651 g/mol. The summed E-state index contributed by atoms with van der Waals surface area (Å²) in [5.74, 6) is -1.00. The summed E-state index contributed by atoms with van der Waals surface area (Å²) in [5.41, 5.74) is 0. The van der Waals surface area contributed by atoms with Gasteiger partial charge in [0.15, 0.2) is 6.10 Å². The van der Waals surface area contributed by atoms with Crippen molar-refractivity contribution in [1.29, 1.82) is 0 Å². The zero-order valence-electron chi connectivity index (χ0n) is 31.0. The van der Waals surface area contributed by atoms with Gasteiger partial charge in [-0.05, 0) is 77.0 Å². The van der Waals surface area contributed by atoms with E-state index in [0.29, 0.717) is 12.8 Å². The third-order valence-corrected chi connectivity index (χ3v) is 7.90. The molecule has 0 saturated carbocycles. The average Bonchev–Trinajstić information content (AvgIpc) is 3.08. The van der Waals surface area contributed by atoms with Crippen LogP contribution in [-0.2, 0) is 28.2 Å². The molecule has 0 bridgehead atoms. The first-order valence-corrected chi connectivity index (χ1v) is 20.4. The van der Waals surface area contributed by atoms with Gasteiger partial charge in [-0.3, -0.25) is 14.1 Å². The molecule has 9 heteroatoms. The molecule has 284 valence electrons. The van der Waals surface area contributed by atoms with Crippen LogP contribution >= 0.6 is 7.82 Å². The Balaban J connectivity index is 4.13. The maximum Gasteiger partial charge on any atom is 0.469 e. The van der Waals surface area contributed by atoms with Crippen molar-refractivity contribution in [2.75, 3.05) is 13.2 Å². The quantitative estimate of drug-likeness (QED) is 0.0298.